The van der Waals surface area contributed by atoms with Gasteiger partial charge in [0.15, 0.2) is 0 Å². The number of nitrogens with one attached hydrogen (secondary N) is 1. The first-order valence-electron chi connectivity index (χ1n) is 8.63. The van der Waals surface area contributed by atoms with Gasteiger partial charge < -0.3 is 4.98 Å². The second kappa shape index (κ2) is 7.79. The summed E-state index contributed by atoms with van der Waals surface area (Å²) in [6, 6.07) is 24.6. The monoisotopic (exact) mass is 342 g/mol. The maximum Gasteiger partial charge on any atom is 0.345 e. The highest BCUT2D eigenvalue weighted by Crippen LogP contribution is 2.25. The summed E-state index contributed by atoms with van der Waals surface area (Å²) in [5.41, 5.74) is 6.68. The maximum absolute atomic E-state index is 10.9. The number of H-pyrrole nitrogens is 1. The van der Waals surface area contributed by atoms with Crippen LogP contribution in [0, 0.1) is 20.8 Å². The Balaban J connectivity index is 0.000000152. The van der Waals surface area contributed by atoms with Gasteiger partial charge in [-0.1, -0.05) is 66.7 Å². The summed E-state index contributed by atoms with van der Waals surface area (Å²) in [4.78, 5) is 17.4. The van der Waals surface area contributed by atoms with Crippen molar-refractivity contribution in [3.8, 4) is 11.1 Å². The van der Waals surface area contributed by atoms with E-state index in [4.69, 9.17) is 0 Å². The van der Waals surface area contributed by atoms with Gasteiger partial charge in [0, 0.05) is 11.1 Å². The summed E-state index contributed by atoms with van der Waals surface area (Å²) in [5.74, 6) is 0. The molecule has 0 aliphatic rings. The molecule has 3 heteroatoms. The summed E-state index contributed by atoms with van der Waals surface area (Å²) in [6.45, 7) is 6.18. The van der Waals surface area contributed by atoms with Crippen LogP contribution in [0.2, 0.25) is 0 Å². The molecule has 4 aromatic rings. The Bertz CT molecular complexity index is 1050. The van der Waals surface area contributed by atoms with Crippen molar-refractivity contribution in [2.24, 2.45) is 0 Å². The lowest BCUT2D eigenvalue weighted by Gasteiger charge is -2.08. The minimum atomic E-state index is -0.286. The highest BCUT2D eigenvalue weighted by molar-refractivity contribution is 5.80. The van der Waals surface area contributed by atoms with Crippen molar-refractivity contribution in [1.29, 1.82) is 0 Å². The van der Waals surface area contributed by atoms with Crippen LogP contribution in [-0.4, -0.2) is 9.97 Å². The molecule has 3 aromatic carbocycles. The summed E-state index contributed by atoms with van der Waals surface area (Å²) >= 11 is 0. The zero-order chi connectivity index (χ0) is 18.5. The number of nitrogens with zero attached hydrogens (tertiary/aromatic N) is 1. The van der Waals surface area contributed by atoms with E-state index in [9.17, 15) is 4.79 Å². The SMILES string of the molecule is Cc1[nH]c(=O)nc2ccccc12.Cc1ccccc1-c1ccccc1C. The van der Waals surface area contributed by atoms with Gasteiger partial charge in [-0.05, 0) is 49.1 Å². The molecular weight excluding hydrogens is 320 g/mol. The van der Waals surface area contributed by atoms with Crippen LogP contribution in [0.3, 0.4) is 0 Å². The minimum absolute atomic E-state index is 0.286. The van der Waals surface area contributed by atoms with E-state index in [2.05, 4.69) is 72.3 Å². The average Bonchev–Trinajstić information content (AvgIpc) is 2.63. The number of fused-ring (bicyclic) bond motifs is 1. The van der Waals surface area contributed by atoms with E-state index < -0.39 is 0 Å². The second-order valence-electron chi connectivity index (χ2n) is 6.31. The maximum atomic E-state index is 10.9. The van der Waals surface area contributed by atoms with E-state index >= 15 is 0 Å². The molecule has 1 aromatic heterocycles. The third-order valence-corrected chi connectivity index (χ3v) is 4.40. The molecular formula is C23H22N2O. The van der Waals surface area contributed by atoms with E-state index in [0.717, 1.165) is 16.6 Å². The van der Waals surface area contributed by atoms with E-state index in [1.54, 1.807) is 0 Å². The topological polar surface area (TPSA) is 45.8 Å². The average molecular weight is 342 g/mol. The van der Waals surface area contributed by atoms with Crippen LogP contribution >= 0.6 is 0 Å². The molecule has 0 spiro atoms. The highest BCUT2D eigenvalue weighted by atomic mass is 16.1. The molecule has 4 rings (SSSR count). The number of hydrogen-bond donors (Lipinski definition) is 1. The van der Waals surface area contributed by atoms with E-state index in [1.807, 2.05) is 31.2 Å². The molecule has 0 aliphatic carbocycles. The normalized spacial score (nSPS) is 10.3. The van der Waals surface area contributed by atoms with E-state index in [-0.39, 0.29) is 5.69 Å². The number of aryl methyl sites for hydroxylation is 3. The first kappa shape index (κ1) is 17.6. The summed E-state index contributed by atoms with van der Waals surface area (Å²) in [7, 11) is 0. The minimum Gasteiger partial charge on any atom is -0.309 e. The molecule has 0 unspecified atom stereocenters. The molecule has 1 heterocycles. The lowest BCUT2D eigenvalue weighted by atomic mass is 9.97. The lowest BCUT2D eigenvalue weighted by molar-refractivity contribution is 1.07. The number of aromatic amines is 1. The van der Waals surface area contributed by atoms with Crippen molar-refractivity contribution in [2.75, 3.05) is 0 Å². The molecule has 3 nitrogen and oxygen atoms in total. The van der Waals surface area contributed by atoms with Crippen molar-refractivity contribution in [3.05, 3.63) is 100 Å². The van der Waals surface area contributed by atoms with Crippen LogP contribution < -0.4 is 5.69 Å². The quantitative estimate of drug-likeness (QED) is 0.516. The molecule has 26 heavy (non-hydrogen) atoms. The van der Waals surface area contributed by atoms with Gasteiger partial charge in [0.25, 0.3) is 0 Å². The lowest BCUT2D eigenvalue weighted by Crippen LogP contribution is -2.11. The fourth-order valence-electron chi connectivity index (χ4n) is 3.00. The third-order valence-electron chi connectivity index (χ3n) is 4.40. The molecule has 0 saturated heterocycles. The summed E-state index contributed by atoms with van der Waals surface area (Å²) < 4.78 is 0. The van der Waals surface area contributed by atoms with Crippen LogP contribution in [0.1, 0.15) is 16.8 Å². The first-order chi connectivity index (χ1) is 12.6. The number of para-hydroxylation sites is 1. The van der Waals surface area contributed by atoms with Crippen LogP contribution in [0.5, 0.6) is 0 Å². The number of hydrogen-bond acceptors (Lipinski definition) is 2. The van der Waals surface area contributed by atoms with Gasteiger partial charge in [-0.3, -0.25) is 0 Å². The van der Waals surface area contributed by atoms with Gasteiger partial charge in [0.05, 0.1) is 5.52 Å². The molecule has 0 amide bonds. The Labute approximate surface area is 153 Å². The zero-order valence-corrected chi connectivity index (χ0v) is 15.3. The smallest absolute Gasteiger partial charge is 0.309 e. The molecule has 0 bridgehead atoms. The van der Waals surface area contributed by atoms with Crippen molar-refractivity contribution >= 4 is 10.9 Å². The first-order valence-corrected chi connectivity index (χ1v) is 8.63. The Hall–Kier alpha value is -3.20. The van der Waals surface area contributed by atoms with Crippen molar-refractivity contribution in [1.82, 2.24) is 9.97 Å². The standard InChI is InChI=1S/C14H14.C9H8N2O/c1-11-7-3-5-9-13(11)14-10-6-4-8-12(14)2;1-6-7-4-2-3-5-8(7)11-9(12)10-6/h3-10H,1-2H3;2-5H,1H3,(H,10,11,12). The van der Waals surface area contributed by atoms with Gasteiger partial charge in [0.1, 0.15) is 0 Å². The molecule has 0 saturated carbocycles. The van der Waals surface area contributed by atoms with Crippen molar-refractivity contribution < 1.29 is 0 Å². The Morgan fingerprint density at radius 1 is 0.692 bits per heavy atom. The predicted molar refractivity (Wildman–Crippen MR) is 108 cm³/mol. The highest BCUT2D eigenvalue weighted by Gasteiger charge is 2.02. The number of benzene rings is 3. The van der Waals surface area contributed by atoms with Crippen LogP contribution in [-0.2, 0) is 0 Å². The fraction of sp³-hybridized carbons (Fsp3) is 0.130. The molecule has 1 N–H and O–H groups in total. The van der Waals surface area contributed by atoms with E-state index in [0.29, 0.717) is 0 Å². The third kappa shape index (κ3) is 3.89. The van der Waals surface area contributed by atoms with Gasteiger partial charge in [-0.15, -0.1) is 0 Å². The number of aromatic nitrogens is 2. The largest absolute Gasteiger partial charge is 0.345 e. The van der Waals surface area contributed by atoms with Gasteiger partial charge in [0.2, 0.25) is 0 Å². The number of rotatable bonds is 1. The van der Waals surface area contributed by atoms with Gasteiger partial charge >= 0.3 is 5.69 Å². The molecule has 130 valence electrons. The van der Waals surface area contributed by atoms with Gasteiger partial charge in [-0.2, -0.15) is 4.98 Å². The van der Waals surface area contributed by atoms with Crippen LogP contribution in [0.4, 0.5) is 0 Å². The summed E-state index contributed by atoms with van der Waals surface area (Å²) in [5, 5.41) is 0.997. The van der Waals surface area contributed by atoms with Crippen LogP contribution in [0.25, 0.3) is 22.0 Å². The van der Waals surface area contributed by atoms with Crippen LogP contribution in [0.15, 0.2) is 77.6 Å². The molecule has 0 radical (unpaired) electrons. The zero-order valence-electron chi connectivity index (χ0n) is 15.3. The Morgan fingerprint density at radius 3 is 1.77 bits per heavy atom. The molecule has 0 atom stereocenters. The van der Waals surface area contributed by atoms with Crippen molar-refractivity contribution in [2.45, 2.75) is 20.8 Å². The molecule has 0 aliphatic heterocycles. The molecule has 0 fully saturated rings. The Morgan fingerprint density at radius 2 is 1.19 bits per heavy atom. The van der Waals surface area contributed by atoms with Crippen molar-refractivity contribution in [3.63, 3.8) is 0 Å². The second-order valence-corrected chi connectivity index (χ2v) is 6.31. The summed E-state index contributed by atoms with van der Waals surface area (Å²) in [6.07, 6.45) is 0. The van der Waals surface area contributed by atoms with Gasteiger partial charge in [-0.25, -0.2) is 4.79 Å². The fourth-order valence-corrected chi connectivity index (χ4v) is 3.00. The predicted octanol–water partition coefficient (Wildman–Crippen LogP) is 5.20. The Kier molecular flexibility index (Phi) is 5.28. The van der Waals surface area contributed by atoms with E-state index in [1.165, 1.54) is 22.3 Å².